The van der Waals surface area contributed by atoms with Crippen molar-refractivity contribution in [2.75, 3.05) is 13.6 Å². The molecule has 1 aromatic heterocycles. The highest BCUT2D eigenvalue weighted by Crippen LogP contribution is 2.14. The molecule has 0 saturated heterocycles. The van der Waals surface area contributed by atoms with Crippen molar-refractivity contribution in [3.8, 4) is 0 Å². The number of carboxylic acids is 1. The van der Waals surface area contributed by atoms with Crippen molar-refractivity contribution in [1.29, 1.82) is 0 Å². The van der Waals surface area contributed by atoms with Gasteiger partial charge in [0.2, 0.25) is 0 Å². The summed E-state index contributed by atoms with van der Waals surface area (Å²) in [6, 6.07) is -0.469. The van der Waals surface area contributed by atoms with Gasteiger partial charge in [-0.1, -0.05) is 0 Å². The molecule has 0 saturated carbocycles. The lowest BCUT2D eigenvalue weighted by molar-refractivity contribution is -0.137. The predicted molar refractivity (Wildman–Crippen MR) is 63.9 cm³/mol. The van der Waals surface area contributed by atoms with Gasteiger partial charge in [0.05, 0.1) is 12.5 Å². The van der Waals surface area contributed by atoms with Crippen LogP contribution in [0.15, 0.2) is 11.6 Å². The number of carbonyl (C=O) groups excluding carboxylic acids is 1. The van der Waals surface area contributed by atoms with E-state index in [1.54, 1.807) is 13.2 Å². The largest absolute Gasteiger partial charge is 0.481 e. The fourth-order valence-corrected chi connectivity index (χ4v) is 1.82. The number of hydrogen-bond acceptors (Lipinski definition) is 4. The molecule has 1 heterocycles. The number of nitrogens with zero attached hydrogens (tertiary/aromatic N) is 2. The Morgan fingerprint density at radius 2 is 2.35 bits per heavy atom. The number of rotatable bonds is 5. The first kappa shape index (κ1) is 13.4. The predicted octanol–water partition coefficient (Wildman–Crippen LogP) is 1.32. The van der Waals surface area contributed by atoms with E-state index in [0.717, 1.165) is 5.01 Å². The topological polar surface area (TPSA) is 82.5 Å². The standard InChI is InChI=1S/C10H15N3O3S/c1-7(9-11-4-6-17-9)12-10(16)13(2)5-3-8(14)15/h4,6-7H,3,5H2,1-2H3,(H,12,16)(H,14,15). The molecule has 0 aliphatic rings. The molecular formula is C10H15N3O3S. The molecule has 6 nitrogen and oxygen atoms in total. The second-order valence-corrected chi connectivity index (χ2v) is 4.53. The maximum atomic E-state index is 11.7. The van der Waals surface area contributed by atoms with Crippen molar-refractivity contribution in [3.05, 3.63) is 16.6 Å². The summed E-state index contributed by atoms with van der Waals surface area (Å²) in [5, 5.41) is 13.9. The van der Waals surface area contributed by atoms with Crippen LogP contribution in [-0.4, -0.2) is 40.6 Å². The molecule has 94 valence electrons. The first-order chi connectivity index (χ1) is 8.00. The number of amides is 2. The highest BCUT2D eigenvalue weighted by atomic mass is 32.1. The van der Waals surface area contributed by atoms with Crippen LogP contribution in [0.3, 0.4) is 0 Å². The van der Waals surface area contributed by atoms with Crippen LogP contribution in [0.4, 0.5) is 4.79 Å². The summed E-state index contributed by atoms with van der Waals surface area (Å²) in [6.45, 7) is 2.02. The maximum Gasteiger partial charge on any atom is 0.317 e. The van der Waals surface area contributed by atoms with Gasteiger partial charge >= 0.3 is 12.0 Å². The molecule has 0 spiro atoms. The Labute approximate surface area is 103 Å². The number of hydrogen-bond donors (Lipinski definition) is 2. The van der Waals surface area contributed by atoms with E-state index in [1.807, 2.05) is 12.3 Å². The van der Waals surface area contributed by atoms with Crippen molar-refractivity contribution in [1.82, 2.24) is 15.2 Å². The smallest absolute Gasteiger partial charge is 0.317 e. The Bertz CT molecular complexity index is 380. The fourth-order valence-electron chi connectivity index (χ4n) is 1.17. The van der Waals surface area contributed by atoms with E-state index in [-0.39, 0.29) is 25.0 Å². The quantitative estimate of drug-likeness (QED) is 0.833. The normalized spacial score (nSPS) is 11.9. The first-order valence-corrected chi connectivity index (χ1v) is 6.01. The van der Waals surface area contributed by atoms with Crippen molar-refractivity contribution in [2.45, 2.75) is 19.4 Å². The van der Waals surface area contributed by atoms with Crippen LogP contribution in [0, 0.1) is 0 Å². The second-order valence-electron chi connectivity index (χ2n) is 3.61. The number of nitrogens with one attached hydrogen (secondary N) is 1. The molecule has 17 heavy (non-hydrogen) atoms. The van der Waals surface area contributed by atoms with Crippen LogP contribution in [0.1, 0.15) is 24.4 Å². The molecule has 0 fully saturated rings. The van der Waals surface area contributed by atoms with E-state index >= 15 is 0 Å². The maximum absolute atomic E-state index is 11.7. The summed E-state index contributed by atoms with van der Waals surface area (Å²) in [4.78, 5) is 27.5. The minimum atomic E-state index is -0.919. The van der Waals surface area contributed by atoms with Gasteiger partial charge in [0.1, 0.15) is 5.01 Å². The van der Waals surface area contributed by atoms with Gasteiger partial charge in [-0.2, -0.15) is 0 Å². The van der Waals surface area contributed by atoms with E-state index < -0.39 is 5.97 Å². The van der Waals surface area contributed by atoms with Crippen LogP contribution >= 0.6 is 11.3 Å². The van der Waals surface area contributed by atoms with Gasteiger partial charge < -0.3 is 15.3 Å². The SMILES string of the molecule is CC(NC(=O)N(C)CCC(=O)O)c1nccs1. The molecule has 2 amide bonds. The zero-order chi connectivity index (χ0) is 12.8. The molecular weight excluding hydrogens is 242 g/mol. The molecule has 7 heteroatoms. The summed E-state index contributed by atoms with van der Waals surface area (Å²) in [5.41, 5.74) is 0. The van der Waals surface area contributed by atoms with E-state index in [4.69, 9.17) is 5.11 Å². The zero-order valence-corrected chi connectivity index (χ0v) is 10.5. The van der Waals surface area contributed by atoms with Crippen molar-refractivity contribution in [2.24, 2.45) is 0 Å². The third-order valence-electron chi connectivity index (χ3n) is 2.17. The molecule has 0 aliphatic carbocycles. The van der Waals surface area contributed by atoms with Gasteiger partial charge in [-0.3, -0.25) is 4.79 Å². The van der Waals surface area contributed by atoms with Gasteiger partial charge in [-0.25, -0.2) is 9.78 Å². The van der Waals surface area contributed by atoms with Crippen LogP contribution in [0.25, 0.3) is 0 Å². The molecule has 1 aromatic rings. The Kier molecular flexibility index (Phi) is 4.89. The summed E-state index contributed by atoms with van der Waals surface area (Å²) < 4.78 is 0. The molecule has 1 atom stereocenters. The van der Waals surface area contributed by atoms with Gasteiger partial charge in [0.15, 0.2) is 0 Å². The third kappa shape index (κ3) is 4.39. The lowest BCUT2D eigenvalue weighted by Gasteiger charge is -2.19. The van der Waals surface area contributed by atoms with E-state index in [2.05, 4.69) is 10.3 Å². The van der Waals surface area contributed by atoms with E-state index in [0.29, 0.717) is 0 Å². The Balaban J connectivity index is 2.40. The summed E-state index contributed by atoms with van der Waals surface area (Å²) >= 11 is 1.46. The molecule has 1 rings (SSSR count). The van der Waals surface area contributed by atoms with E-state index in [1.165, 1.54) is 16.2 Å². The number of carboxylic acid groups (broad SMARTS) is 1. The fraction of sp³-hybridized carbons (Fsp3) is 0.500. The Hall–Kier alpha value is -1.63. The summed E-state index contributed by atoms with van der Waals surface area (Å²) in [5.74, 6) is -0.919. The van der Waals surface area contributed by atoms with Crippen LogP contribution < -0.4 is 5.32 Å². The van der Waals surface area contributed by atoms with Gasteiger partial charge in [0.25, 0.3) is 0 Å². The van der Waals surface area contributed by atoms with Gasteiger partial charge in [0, 0.05) is 25.2 Å². The van der Waals surface area contributed by atoms with Crippen LogP contribution in [-0.2, 0) is 4.79 Å². The minimum absolute atomic E-state index is 0.0600. The third-order valence-corrected chi connectivity index (χ3v) is 3.13. The second kappa shape index (κ2) is 6.19. The summed E-state index contributed by atoms with van der Waals surface area (Å²) in [6.07, 6.45) is 1.62. The molecule has 0 bridgehead atoms. The lowest BCUT2D eigenvalue weighted by atomic mass is 10.3. The molecule has 0 radical (unpaired) electrons. The van der Waals surface area contributed by atoms with Crippen molar-refractivity contribution in [3.63, 3.8) is 0 Å². The first-order valence-electron chi connectivity index (χ1n) is 5.13. The van der Waals surface area contributed by atoms with Crippen molar-refractivity contribution >= 4 is 23.3 Å². The molecule has 0 aromatic carbocycles. The monoisotopic (exact) mass is 257 g/mol. The van der Waals surface area contributed by atoms with Crippen molar-refractivity contribution < 1.29 is 14.7 Å². The Morgan fingerprint density at radius 3 is 2.88 bits per heavy atom. The molecule has 0 aliphatic heterocycles. The number of thiazole rings is 1. The average Bonchev–Trinajstić information content (AvgIpc) is 2.78. The van der Waals surface area contributed by atoms with E-state index in [9.17, 15) is 9.59 Å². The van der Waals surface area contributed by atoms with Gasteiger partial charge in [-0.15, -0.1) is 11.3 Å². The van der Waals surface area contributed by atoms with Crippen LogP contribution in [0.5, 0.6) is 0 Å². The highest BCUT2D eigenvalue weighted by Gasteiger charge is 2.15. The lowest BCUT2D eigenvalue weighted by Crippen LogP contribution is -2.39. The highest BCUT2D eigenvalue weighted by molar-refractivity contribution is 7.09. The molecule has 2 N–H and O–H groups in total. The number of carbonyl (C=O) groups is 2. The Morgan fingerprint density at radius 1 is 1.65 bits per heavy atom. The minimum Gasteiger partial charge on any atom is -0.481 e. The zero-order valence-electron chi connectivity index (χ0n) is 9.71. The number of aliphatic carboxylic acids is 1. The van der Waals surface area contributed by atoms with Crippen LogP contribution in [0.2, 0.25) is 0 Å². The number of aromatic nitrogens is 1. The average molecular weight is 257 g/mol. The van der Waals surface area contributed by atoms with Gasteiger partial charge in [-0.05, 0) is 6.92 Å². The summed E-state index contributed by atoms with van der Waals surface area (Å²) in [7, 11) is 1.56. The molecule has 1 unspecified atom stereocenters. The number of urea groups is 1.